The molecule has 2 fully saturated rings. The summed E-state index contributed by atoms with van der Waals surface area (Å²) in [6, 6.07) is 12.3. The van der Waals surface area contributed by atoms with Gasteiger partial charge in [0.15, 0.2) is 5.78 Å². The quantitative estimate of drug-likeness (QED) is 0.0590. The molecule has 0 saturated heterocycles. The highest BCUT2D eigenvalue weighted by Crippen LogP contribution is 2.72. The number of rotatable bonds is 19. The molecule has 2 aromatic carbocycles. The Hall–Kier alpha value is -5.11. The number of fused-ring (bicyclic) bond motifs is 3. The minimum absolute atomic E-state index is 0.0264. The molecular formula is C53H66F6O13. The van der Waals surface area contributed by atoms with Gasteiger partial charge < -0.3 is 38.6 Å². The SMILES string of the molecule is C=C(C)[C@@H]1C[C@@H](OC(=O)[C@](OC)(c2ccccc2)C(F)(F)F)[C@@]2(C)C3=CC[C@@H]([C@@H](COC(=O)[C@](OC)(c4ccccc4)C(F)(F)F)C[C@@H](O)C(=O)C(C)(C)O)[C@]3(C)CC[C@@H]2[C@@]1(C)[C@H](CC(=O)OC)OC(C)=O. The van der Waals surface area contributed by atoms with Gasteiger partial charge in [-0.15, -0.1) is 0 Å². The highest BCUT2D eigenvalue weighted by atomic mass is 19.4. The van der Waals surface area contributed by atoms with Gasteiger partial charge in [-0.25, -0.2) is 9.59 Å². The van der Waals surface area contributed by atoms with Crippen LogP contribution >= 0.6 is 0 Å². The summed E-state index contributed by atoms with van der Waals surface area (Å²) in [5.41, 5.74) is -13.5. The van der Waals surface area contributed by atoms with Gasteiger partial charge in [-0.2, -0.15) is 26.3 Å². The zero-order valence-electron chi connectivity index (χ0n) is 42.2. The molecule has 0 aromatic heterocycles. The van der Waals surface area contributed by atoms with Gasteiger partial charge in [-0.3, -0.25) is 14.4 Å². The number of hydrogen-bond acceptors (Lipinski definition) is 13. The van der Waals surface area contributed by atoms with Crippen LogP contribution in [0.15, 0.2) is 84.5 Å². The second-order valence-electron chi connectivity index (χ2n) is 20.6. The molecule has 0 aliphatic heterocycles. The fourth-order valence-corrected chi connectivity index (χ4v) is 12.6. The van der Waals surface area contributed by atoms with Crippen molar-refractivity contribution in [1.29, 1.82) is 0 Å². The molecule has 0 spiro atoms. The standard InChI is InChI=1S/C53H66F6O13/c1-30(2)36-27-40(72-45(65)51(69-11,53(57,58)59)34-20-16-13-17-21-34)49(8)38-23-22-35(47(38,6)25-24-39(49)48(36,7)41(71-31(3)60)28-42(62)67-9)32(26-37(61)43(63)46(4,5)66)29-70-44(64)50(68-10,52(54,55)56)33-18-14-12-15-19-33/h12-21,23,32,35-37,39-41,61,66H,1,22,24-29H2,2-11H3/t32-,35+,36+,37-,39-,40-,41+,47+,48+,49+,50-,51-/m1/s1. The van der Waals surface area contributed by atoms with Crippen molar-refractivity contribution in [3.8, 4) is 0 Å². The second-order valence-corrected chi connectivity index (χ2v) is 20.6. The van der Waals surface area contributed by atoms with E-state index in [4.69, 9.17) is 28.4 Å². The van der Waals surface area contributed by atoms with Gasteiger partial charge in [0.2, 0.25) is 0 Å². The summed E-state index contributed by atoms with van der Waals surface area (Å²) in [6.07, 6.45) is -14.5. The van der Waals surface area contributed by atoms with Crippen molar-refractivity contribution in [2.45, 2.75) is 134 Å². The fourth-order valence-electron chi connectivity index (χ4n) is 12.6. The normalized spacial score (nSPS) is 28.3. The minimum atomic E-state index is -5.38. The van der Waals surface area contributed by atoms with Crippen molar-refractivity contribution >= 4 is 29.7 Å². The van der Waals surface area contributed by atoms with Crippen LogP contribution in [0.4, 0.5) is 26.3 Å². The Balaban J connectivity index is 1.72. The summed E-state index contributed by atoms with van der Waals surface area (Å²) in [4.78, 5) is 68.2. The number of halogens is 6. The molecule has 2 aromatic rings. The largest absolute Gasteiger partial charge is 0.469 e. The van der Waals surface area contributed by atoms with Gasteiger partial charge in [-0.05, 0) is 82.0 Å². The third kappa shape index (κ3) is 9.98. The van der Waals surface area contributed by atoms with Crippen LogP contribution in [0, 0.1) is 39.9 Å². The molecule has 3 aliphatic rings. The van der Waals surface area contributed by atoms with E-state index in [2.05, 4.69) is 6.58 Å². The number of Topliss-reactive ketones (excluding diaryl/α,β-unsaturated/α-hetero) is 1. The zero-order valence-corrected chi connectivity index (χ0v) is 42.2. The topological polar surface area (TPSA) is 181 Å². The molecule has 2 saturated carbocycles. The first-order valence-electron chi connectivity index (χ1n) is 23.6. The monoisotopic (exact) mass is 1020 g/mol. The lowest BCUT2D eigenvalue weighted by Gasteiger charge is -2.66. The summed E-state index contributed by atoms with van der Waals surface area (Å²) in [7, 11) is 2.58. The molecule has 13 nitrogen and oxygen atoms in total. The van der Waals surface area contributed by atoms with E-state index in [1.807, 2.05) is 0 Å². The molecule has 72 heavy (non-hydrogen) atoms. The van der Waals surface area contributed by atoms with Gasteiger partial charge in [0, 0.05) is 43.1 Å². The van der Waals surface area contributed by atoms with E-state index in [-0.39, 0.29) is 25.7 Å². The van der Waals surface area contributed by atoms with Crippen LogP contribution in [0.1, 0.15) is 98.1 Å². The van der Waals surface area contributed by atoms with Crippen LogP contribution in [-0.4, -0.2) is 104 Å². The lowest BCUT2D eigenvalue weighted by Crippen LogP contribution is -2.66. The Labute approximate surface area is 415 Å². The molecule has 0 unspecified atom stereocenters. The lowest BCUT2D eigenvalue weighted by molar-refractivity contribution is -0.283. The molecular weight excluding hydrogens is 959 g/mol. The van der Waals surface area contributed by atoms with E-state index in [0.29, 0.717) is 18.3 Å². The number of aliphatic hydroxyl groups excluding tert-OH is 1. The van der Waals surface area contributed by atoms with E-state index in [9.17, 15) is 34.2 Å². The Bertz CT molecular complexity index is 2370. The number of allylic oxidation sites excluding steroid dienone is 2. The first kappa shape index (κ1) is 57.8. The molecule has 398 valence electrons. The average Bonchev–Trinajstić information content (AvgIpc) is 3.66. The zero-order chi connectivity index (χ0) is 54.2. The first-order chi connectivity index (χ1) is 33.3. The van der Waals surface area contributed by atoms with Crippen molar-refractivity contribution in [2.75, 3.05) is 27.9 Å². The molecule has 12 atom stereocenters. The van der Waals surface area contributed by atoms with E-state index in [1.165, 1.54) is 36.4 Å². The van der Waals surface area contributed by atoms with Crippen molar-refractivity contribution in [3.05, 3.63) is 95.6 Å². The number of ketones is 1. The first-order valence-corrected chi connectivity index (χ1v) is 23.6. The number of methoxy groups -OCH3 is 3. The van der Waals surface area contributed by atoms with Crippen molar-refractivity contribution in [1.82, 2.24) is 0 Å². The number of hydrogen-bond donors (Lipinski definition) is 2. The lowest BCUT2D eigenvalue weighted by atomic mass is 9.40. The van der Waals surface area contributed by atoms with Crippen molar-refractivity contribution < 1.29 is 88.9 Å². The van der Waals surface area contributed by atoms with E-state index in [0.717, 1.165) is 59.3 Å². The fraction of sp³-hybridized carbons (Fsp3) is 0.604. The minimum Gasteiger partial charge on any atom is -0.469 e. The summed E-state index contributed by atoms with van der Waals surface area (Å²) >= 11 is 0. The number of ether oxygens (including phenoxy) is 6. The maximum absolute atomic E-state index is 15.5. The maximum Gasteiger partial charge on any atom is 0.432 e. The molecule has 0 radical (unpaired) electrons. The molecule has 2 N–H and O–H groups in total. The molecule has 3 aliphatic carbocycles. The van der Waals surface area contributed by atoms with E-state index < -0.39 is 148 Å². The summed E-state index contributed by atoms with van der Waals surface area (Å²) in [5.74, 6) is -9.79. The highest BCUT2D eigenvalue weighted by molar-refractivity contribution is 5.90. The molecule has 19 heteroatoms. The Kier molecular flexibility index (Phi) is 16.9. The van der Waals surface area contributed by atoms with Crippen molar-refractivity contribution in [3.63, 3.8) is 0 Å². The van der Waals surface area contributed by atoms with Crippen LogP contribution in [0.2, 0.25) is 0 Å². The maximum atomic E-state index is 15.5. The summed E-state index contributed by atoms with van der Waals surface area (Å²) in [5, 5.41) is 22.1. The number of esters is 4. The molecule has 5 rings (SSSR count). The Morgan fingerprint density at radius 2 is 1.33 bits per heavy atom. The molecule has 0 amide bonds. The van der Waals surface area contributed by atoms with Crippen LogP contribution in [0.5, 0.6) is 0 Å². The second kappa shape index (κ2) is 21.0. The number of alkyl halides is 6. The Morgan fingerprint density at radius 3 is 1.78 bits per heavy atom. The van der Waals surface area contributed by atoms with Gasteiger partial charge in [0.1, 0.15) is 23.9 Å². The third-order valence-electron chi connectivity index (χ3n) is 16.1. The molecule has 0 bridgehead atoms. The van der Waals surface area contributed by atoms with Crippen LogP contribution in [0.3, 0.4) is 0 Å². The predicted octanol–water partition coefficient (Wildman–Crippen LogP) is 8.82. The van der Waals surface area contributed by atoms with Gasteiger partial charge in [0.25, 0.3) is 11.2 Å². The summed E-state index contributed by atoms with van der Waals surface area (Å²) < 4.78 is 125. The van der Waals surface area contributed by atoms with Crippen molar-refractivity contribution in [2.24, 2.45) is 39.9 Å². The number of aliphatic hydroxyl groups is 2. The van der Waals surface area contributed by atoms with Gasteiger partial charge >= 0.3 is 36.2 Å². The van der Waals surface area contributed by atoms with E-state index in [1.54, 1.807) is 33.8 Å². The van der Waals surface area contributed by atoms with Crippen LogP contribution in [-0.2, 0) is 63.6 Å². The van der Waals surface area contributed by atoms with E-state index >= 15 is 26.3 Å². The predicted molar refractivity (Wildman–Crippen MR) is 247 cm³/mol. The number of benzene rings is 2. The van der Waals surface area contributed by atoms with Gasteiger partial charge in [-0.1, -0.05) is 105 Å². The van der Waals surface area contributed by atoms with Crippen LogP contribution in [0.25, 0.3) is 0 Å². The number of carbonyl (C=O) groups excluding carboxylic acids is 5. The van der Waals surface area contributed by atoms with Crippen LogP contribution < -0.4 is 0 Å². The van der Waals surface area contributed by atoms with Gasteiger partial charge in [0.05, 0.1) is 20.1 Å². The number of carbonyl (C=O) groups is 5. The molecule has 0 heterocycles. The third-order valence-corrected chi connectivity index (χ3v) is 16.1. The smallest absolute Gasteiger partial charge is 0.432 e. The Morgan fingerprint density at radius 1 is 0.819 bits per heavy atom. The highest BCUT2D eigenvalue weighted by Gasteiger charge is 2.71. The average molecular weight is 1030 g/mol. The summed E-state index contributed by atoms with van der Waals surface area (Å²) in [6.45, 7) is 13.7.